The highest BCUT2D eigenvalue weighted by molar-refractivity contribution is 6.32. The van der Waals surface area contributed by atoms with Crippen molar-refractivity contribution in [3.8, 4) is 11.5 Å². The average Bonchev–Trinajstić information content (AvgIpc) is 2.62. The van der Waals surface area contributed by atoms with Crippen molar-refractivity contribution in [2.45, 2.75) is 59.7 Å². The number of hydrogen-bond donors (Lipinski definition) is 1. The maximum atomic E-state index is 12.3. The number of carbonyl (C=O) groups is 1. The molecule has 152 valence electrons. The second kappa shape index (κ2) is 10.4. The van der Waals surface area contributed by atoms with E-state index in [1.165, 1.54) is 5.56 Å². The van der Waals surface area contributed by atoms with Crippen LogP contribution in [0.4, 0.5) is 0 Å². The van der Waals surface area contributed by atoms with Crippen molar-refractivity contribution in [1.29, 1.82) is 0 Å². The highest BCUT2D eigenvalue weighted by Crippen LogP contribution is 2.26. The Hall–Kier alpha value is -2.20. The number of hydrogen-bond acceptors (Lipinski definition) is 3. The van der Waals surface area contributed by atoms with Gasteiger partial charge >= 0.3 is 0 Å². The van der Waals surface area contributed by atoms with E-state index in [4.69, 9.17) is 21.1 Å². The van der Waals surface area contributed by atoms with Crippen molar-refractivity contribution < 1.29 is 14.3 Å². The van der Waals surface area contributed by atoms with Crippen LogP contribution in [0.5, 0.6) is 11.5 Å². The fraction of sp³-hybridized carbons (Fsp3) is 0.435. The molecule has 0 saturated heterocycles. The summed E-state index contributed by atoms with van der Waals surface area (Å²) in [6.07, 6.45) is 1.32. The van der Waals surface area contributed by atoms with Gasteiger partial charge in [0.25, 0.3) is 5.91 Å². The first-order valence-corrected chi connectivity index (χ1v) is 10.1. The van der Waals surface area contributed by atoms with Crippen LogP contribution in [-0.4, -0.2) is 24.7 Å². The number of benzene rings is 2. The quantitative estimate of drug-likeness (QED) is 0.581. The Morgan fingerprint density at radius 1 is 1.04 bits per heavy atom. The first-order valence-electron chi connectivity index (χ1n) is 9.73. The lowest BCUT2D eigenvalue weighted by atomic mass is 10.1. The SMILES string of the molecule is Cc1cc(O[C@@H](C)C(=O)NCCCc2cccc(OC(C)C)c2)cc(C)c1Cl. The Balaban J connectivity index is 1.78. The zero-order chi connectivity index (χ0) is 20.7. The minimum Gasteiger partial charge on any atom is -0.491 e. The molecule has 2 aromatic rings. The van der Waals surface area contributed by atoms with Crippen LogP contribution in [0.3, 0.4) is 0 Å². The number of nitrogens with one attached hydrogen (secondary N) is 1. The molecule has 0 aromatic heterocycles. The van der Waals surface area contributed by atoms with E-state index < -0.39 is 6.10 Å². The Bertz CT molecular complexity index is 781. The standard InChI is InChI=1S/C23H30ClNO3/c1-15(2)27-20-10-6-8-19(14-20)9-7-11-25-23(26)18(5)28-21-12-16(3)22(24)17(4)13-21/h6,8,10,12-15,18H,7,9,11H2,1-5H3,(H,25,26)/t18-/m0/s1. The van der Waals surface area contributed by atoms with E-state index in [1.54, 1.807) is 6.92 Å². The van der Waals surface area contributed by atoms with Crippen LogP contribution in [0.1, 0.15) is 43.9 Å². The van der Waals surface area contributed by atoms with Gasteiger partial charge in [-0.25, -0.2) is 0 Å². The van der Waals surface area contributed by atoms with Crippen LogP contribution in [0, 0.1) is 13.8 Å². The van der Waals surface area contributed by atoms with Crippen LogP contribution < -0.4 is 14.8 Å². The number of aryl methyl sites for hydroxylation is 3. The van der Waals surface area contributed by atoms with Crippen LogP contribution in [-0.2, 0) is 11.2 Å². The molecule has 0 aliphatic rings. The minimum atomic E-state index is -0.567. The lowest BCUT2D eigenvalue weighted by molar-refractivity contribution is -0.127. The lowest BCUT2D eigenvalue weighted by Gasteiger charge is -2.16. The summed E-state index contributed by atoms with van der Waals surface area (Å²) in [6, 6.07) is 11.8. The van der Waals surface area contributed by atoms with Gasteiger partial charge in [0.2, 0.25) is 0 Å². The number of halogens is 1. The topological polar surface area (TPSA) is 47.6 Å². The molecule has 4 nitrogen and oxygen atoms in total. The van der Waals surface area contributed by atoms with Gasteiger partial charge in [-0.3, -0.25) is 4.79 Å². The largest absolute Gasteiger partial charge is 0.491 e. The number of rotatable bonds is 9. The monoisotopic (exact) mass is 403 g/mol. The van der Waals surface area contributed by atoms with E-state index in [9.17, 15) is 4.79 Å². The highest BCUT2D eigenvalue weighted by Gasteiger charge is 2.15. The molecule has 0 bridgehead atoms. The molecule has 0 spiro atoms. The summed E-state index contributed by atoms with van der Waals surface area (Å²) in [7, 11) is 0. The summed E-state index contributed by atoms with van der Waals surface area (Å²) in [5.41, 5.74) is 3.07. The van der Waals surface area contributed by atoms with Crippen molar-refractivity contribution in [3.63, 3.8) is 0 Å². The molecule has 2 rings (SSSR count). The number of ether oxygens (including phenoxy) is 2. The Morgan fingerprint density at radius 2 is 1.71 bits per heavy atom. The smallest absolute Gasteiger partial charge is 0.260 e. The Morgan fingerprint density at radius 3 is 2.36 bits per heavy atom. The molecule has 2 aromatic carbocycles. The lowest BCUT2D eigenvalue weighted by Crippen LogP contribution is -2.37. The Kier molecular flexibility index (Phi) is 8.18. The van der Waals surface area contributed by atoms with Crippen LogP contribution in [0.15, 0.2) is 36.4 Å². The molecule has 1 amide bonds. The molecule has 0 heterocycles. The Labute approximate surface area is 173 Å². The van der Waals surface area contributed by atoms with Crippen LogP contribution in [0.2, 0.25) is 5.02 Å². The van der Waals surface area contributed by atoms with Crippen molar-refractivity contribution >= 4 is 17.5 Å². The van der Waals surface area contributed by atoms with E-state index >= 15 is 0 Å². The van der Waals surface area contributed by atoms with Gasteiger partial charge in [0, 0.05) is 11.6 Å². The summed E-state index contributed by atoms with van der Waals surface area (Å²) < 4.78 is 11.5. The zero-order valence-corrected chi connectivity index (χ0v) is 18.1. The normalized spacial score (nSPS) is 12.0. The molecular weight excluding hydrogens is 374 g/mol. The second-order valence-electron chi connectivity index (χ2n) is 7.34. The van der Waals surface area contributed by atoms with E-state index in [-0.39, 0.29) is 12.0 Å². The maximum absolute atomic E-state index is 12.3. The van der Waals surface area contributed by atoms with Crippen LogP contribution >= 0.6 is 11.6 Å². The van der Waals surface area contributed by atoms with Crippen LogP contribution in [0.25, 0.3) is 0 Å². The van der Waals surface area contributed by atoms with Gasteiger partial charge in [-0.1, -0.05) is 23.7 Å². The molecule has 0 fully saturated rings. The molecule has 0 aliphatic carbocycles. The second-order valence-corrected chi connectivity index (χ2v) is 7.72. The molecule has 1 N–H and O–H groups in total. The summed E-state index contributed by atoms with van der Waals surface area (Å²) in [5.74, 6) is 1.42. The van der Waals surface area contributed by atoms with Crippen molar-refractivity contribution in [2.24, 2.45) is 0 Å². The molecule has 5 heteroatoms. The van der Waals surface area contributed by atoms with Gasteiger partial charge in [0.15, 0.2) is 6.10 Å². The van der Waals surface area contributed by atoms with Crippen molar-refractivity contribution in [2.75, 3.05) is 6.54 Å². The summed E-state index contributed by atoms with van der Waals surface area (Å²) in [5, 5.41) is 3.67. The molecule has 0 radical (unpaired) electrons. The van der Waals surface area contributed by atoms with Gasteiger partial charge < -0.3 is 14.8 Å². The van der Waals surface area contributed by atoms with Gasteiger partial charge in [0.1, 0.15) is 11.5 Å². The average molecular weight is 404 g/mol. The predicted octanol–water partition coefficient (Wildman–Crippen LogP) is 5.26. The molecular formula is C23H30ClNO3. The van der Waals surface area contributed by atoms with Gasteiger partial charge in [0.05, 0.1) is 6.10 Å². The van der Waals surface area contributed by atoms with E-state index in [0.717, 1.165) is 34.7 Å². The maximum Gasteiger partial charge on any atom is 0.260 e. The molecule has 0 unspecified atom stereocenters. The highest BCUT2D eigenvalue weighted by atomic mass is 35.5. The fourth-order valence-corrected chi connectivity index (χ4v) is 3.04. The van der Waals surface area contributed by atoms with Crippen molar-refractivity contribution in [3.05, 3.63) is 58.1 Å². The third kappa shape index (κ3) is 6.75. The zero-order valence-electron chi connectivity index (χ0n) is 17.3. The van der Waals surface area contributed by atoms with Crippen molar-refractivity contribution in [1.82, 2.24) is 5.32 Å². The van der Waals surface area contributed by atoms with Gasteiger partial charge in [-0.2, -0.15) is 0 Å². The molecule has 0 saturated carbocycles. The molecule has 1 atom stereocenters. The van der Waals surface area contributed by atoms with Gasteiger partial charge in [-0.05, 0) is 88.4 Å². The van der Waals surface area contributed by atoms with E-state index in [2.05, 4.69) is 17.4 Å². The number of amides is 1. The van der Waals surface area contributed by atoms with E-state index in [1.807, 2.05) is 52.0 Å². The predicted molar refractivity (Wildman–Crippen MR) is 115 cm³/mol. The first kappa shape index (κ1) is 22.1. The van der Waals surface area contributed by atoms with E-state index in [0.29, 0.717) is 12.3 Å². The summed E-state index contributed by atoms with van der Waals surface area (Å²) in [4.78, 5) is 12.3. The third-order valence-electron chi connectivity index (χ3n) is 4.30. The minimum absolute atomic E-state index is 0.123. The fourth-order valence-electron chi connectivity index (χ4n) is 2.93. The summed E-state index contributed by atoms with van der Waals surface area (Å²) >= 11 is 6.18. The molecule has 0 aliphatic heterocycles. The molecule has 28 heavy (non-hydrogen) atoms. The summed E-state index contributed by atoms with van der Waals surface area (Å²) in [6.45, 7) is 10.2. The number of carbonyl (C=O) groups excluding carboxylic acids is 1. The first-order chi connectivity index (χ1) is 13.3. The van der Waals surface area contributed by atoms with Gasteiger partial charge in [-0.15, -0.1) is 0 Å². The third-order valence-corrected chi connectivity index (χ3v) is 4.90.